The van der Waals surface area contributed by atoms with Crippen LogP contribution in [0.3, 0.4) is 0 Å². The molecule has 0 aliphatic heterocycles. The Morgan fingerprint density at radius 1 is 1.21 bits per heavy atom. The van der Waals surface area contributed by atoms with Gasteiger partial charge in [0.15, 0.2) is 0 Å². The molecule has 0 amide bonds. The van der Waals surface area contributed by atoms with Crippen molar-refractivity contribution in [1.29, 1.82) is 0 Å². The van der Waals surface area contributed by atoms with Crippen LogP contribution < -0.4 is 11.1 Å². The van der Waals surface area contributed by atoms with Crippen molar-refractivity contribution in [2.75, 3.05) is 19.6 Å². The van der Waals surface area contributed by atoms with Gasteiger partial charge in [0, 0.05) is 6.54 Å². The minimum Gasteiger partial charge on any atom is -0.330 e. The van der Waals surface area contributed by atoms with Gasteiger partial charge in [-0.25, -0.2) is 0 Å². The van der Waals surface area contributed by atoms with Crippen LogP contribution in [0, 0.1) is 0 Å². The van der Waals surface area contributed by atoms with Crippen LogP contribution in [0.1, 0.15) is 12.0 Å². The normalized spacial score (nSPS) is 10.9. The Balaban J connectivity index is 2.15. The maximum Gasteiger partial charge on any atom is 0.0138 e. The van der Waals surface area contributed by atoms with Crippen molar-refractivity contribution in [2.45, 2.75) is 6.42 Å². The van der Waals surface area contributed by atoms with E-state index in [9.17, 15) is 0 Å². The summed E-state index contributed by atoms with van der Waals surface area (Å²) in [6.07, 6.45) is 5.29. The molecule has 14 heavy (non-hydrogen) atoms. The van der Waals surface area contributed by atoms with Gasteiger partial charge in [-0.05, 0) is 25.1 Å². The van der Waals surface area contributed by atoms with Crippen LogP contribution >= 0.6 is 0 Å². The van der Waals surface area contributed by atoms with Crippen LogP contribution in [-0.4, -0.2) is 19.6 Å². The summed E-state index contributed by atoms with van der Waals surface area (Å²) in [7, 11) is 0. The standard InChI is InChI=1S/C12H18N2/c13-9-5-11-14-10-4-8-12-6-2-1-3-7-12/h1-4,6-8,14H,5,9-11,13H2/b8-4+. The minimum absolute atomic E-state index is 0.759. The SMILES string of the molecule is NCCCNC/C=C/c1ccccc1. The Bertz CT molecular complexity index is 254. The van der Waals surface area contributed by atoms with Gasteiger partial charge in [0.2, 0.25) is 0 Å². The molecule has 2 heteroatoms. The van der Waals surface area contributed by atoms with E-state index in [0.717, 1.165) is 26.1 Å². The van der Waals surface area contributed by atoms with Gasteiger partial charge in [0.1, 0.15) is 0 Å². The Hall–Kier alpha value is -1.12. The van der Waals surface area contributed by atoms with Gasteiger partial charge in [-0.3, -0.25) is 0 Å². The first-order valence-corrected chi connectivity index (χ1v) is 5.06. The largest absolute Gasteiger partial charge is 0.330 e. The van der Waals surface area contributed by atoms with E-state index in [1.807, 2.05) is 18.2 Å². The van der Waals surface area contributed by atoms with Crippen LogP contribution in [0.2, 0.25) is 0 Å². The molecule has 0 radical (unpaired) electrons. The molecular formula is C12H18N2. The topological polar surface area (TPSA) is 38.0 Å². The first kappa shape index (κ1) is 11.0. The van der Waals surface area contributed by atoms with E-state index in [4.69, 9.17) is 5.73 Å². The summed E-state index contributed by atoms with van der Waals surface area (Å²) in [5.74, 6) is 0. The second kappa shape index (κ2) is 7.30. The predicted molar refractivity (Wildman–Crippen MR) is 62.0 cm³/mol. The lowest BCUT2D eigenvalue weighted by Gasteiger charge is -1.98. The average Bonchev–Trinajstić information content (AvgIpc) is 2.25. The lowest BCUT2D eigenvalue weighted by Crippen LogP contribution is -2.17. The van der Waals surface area contributed by atoms with Crippen LogP contribution in [0.15, 0.2) is 36.4 Å². The first-order chi connectivity index (χ1) is 6.93. The van der Waals surface area contributed by atoms with Crippen LogP contribution in [0.5, 0.6) is 0 Å². The Morgan fingerprint density at radius 3 is 2.71 bits per heavy atom. The molecule has 0 aromatic heterocycles. The van der Waals surface area contributed by atoms with Crippen molar-refractivity contribution in [2.24, 2.45) is 5.73 Å². The van der Waals surface area contributed by atoms with E-state index in [1.165, 1.54) is 5.56 Å². The molecule has 76 valence electrons. The zero-order valence-electron chi connectivity index (χ0n) is 8.45. The summed E-state index contributed by atoms with van der Waals surface area (Å²) in [6, 6.07) is 10.3. The maximum atomic E-state index is 5.38. The monoisotopic (exact) mass is 190 g/mol. The van der Waals surface area contributed by atoms with Crippen LogP contribution in [0.4, 0.5) is 0 Å². The number of rotatable bonds is 6. The van der Waals surface area contributed by atoms with Crippen molar-refractivity contribution in [3.05, 3.63) is 42.0 Å². The molecular weight excluding hydrogens is 172 g/mol. The molecule has 0 aliphatic carbocycles. The van der Waals surface area contributed by atoms with E-state index in [0.29, 0.717) is 0 Å². The second-order valence-corrected chi connectivity index (χ2v) is 3.16. The molecule has 0 bridgehead atoms. The quantitative estimate of drug-likeness (QED) is 0.669. The third-order valence-electron chi connectivity index (χ3n) is 1.93. The molecule has 0 fully saturated rings. The average molecular weight is 190 g/mol. The summed E-state index contributed by atoms with van der Waals surface area (Å²) < 4.78 is 0. The van der Waals surface area contributed by atoms with Crippen LogP contribution in [0.25, 0.3) is 6.08 Å². The smallest absolute Gasteiger partial charge is 0.0138 e. The number of hydrogen-bond acceptors (Lipinski definition) is 2. The zero-order chi connectivity index (χ0) is 10.1. The molecule has 0 spiro atoms. The molecule has 0 saturated heterocycles. The highest BCUT2D eigenvalue weighted by molar-refractivity contribution is 5.48. The summed E-state index contributed by atoms with van der Waals surface area (Å²) >= 11 is 0. The minimum atomic E-state index is 0.759. The van der Waals surface area contributed by atoms with Gasteiger partial charge in [0.05, 0.1) is 0 Å². The molecule has 1 aromatic rings. The van der Waals surface area contributed by atoms with Gasteiger partial charge in [-0.1, -0.05) is 42.5 Å². The van der Waals surface area contributed by atoms with Crippen molar-refractivity contribution >= 4 is 6.08 Å². The molecule has 3 N–H and O–H groups in total. The van der Waals surface area contributed by atoms with Gasteiger partial charge in [-0.15, -0.1) is 0 Å². The molecule has 0 saturated carbocycles. The predicted octanol–water partition coefficient (Wildman–Crippen LogP) is 1.64. The third kappa shape index (κ3) is 4.80. The van der Waals surface area contributed by atoms with E-state index >= 15 is 0 Å². The lowest BCUT2D eigenvalue weighted by molar-refractivity contribution is 0.701. The number of nitrogens with two attached hydrogens (primary N) is 1. The lowest BCUT2D eigenvalue weighted by atomic mass is 10.2. The number of benzene rings is 1. The van der Waals surface area contributed by atoms with E-state index in [-0.39, 0.29) is 0 Å². The highest BCUT2D eigenvalue weighted by atomic mass is 14.8. The van der Waals surface area contributed by atoms with Gasteiger partial charge < -0.3 is 11.1 Å². The summed E-state index contributed by atoms with van der Waals surface area (Å²) in [5, 5.41) is 3.29. The molecule has 0 atom stereocenters. The van der Waals surface area contributed by atoms with E-state index in [2.05, 4.69) is 29.6 Å². The molecule has 2 nitrogen and oxygen atoms in total. The van der Waals surface area contributed by atoms with Gasteiger partial charge >= 0.3 is 0 Å². The summed E-state index contributed by atoms with van der Waals surface area (Å²) in [5.41, 5.74) is 6.62. The highest BCUT2D eigenvalue weighted by Gasteiger charge is 1.83. The molecule has 0 aliphatic rings. The summed E-state index contributed by atoms with van der Waals surface area (Å²) in [4.78, 5) is 0. The maximum absolute atomic E-state index is 5.38. The molecule has 0 unspecified atom stereocenters. The molecule has 0 heterocycles. The molecule has 1 aromatic carbocycles. The highest BCUT2D eigenvalue weighted by Crippen LogP contribution is 1.99. The van der Waals surface area contributed by atoms with Crippen molar-refractivity contribution < 1.29 is 0 Å². The first-order valence-electron chi connectivity index (χ1n) is 5.06. The van der Waals surface area contributed by atoms with Gasteiger partial charge in [0.25, 0.3) is 0 Å². The Labute approximate surface area is 85.8 Å². The second-order valence-electron chi connectivity index (χ2n) is 3.16. The van der Waals surface area contributed by atoms with Crippen LogP contribution in [-0.2, 0) is 0 Å². The Kier molecular flexibility index (Phi) is 5.71. The number of hydrogen-bond donors (Lipinski definition) is 2. The number of nitrogens with one attached hydrogen (secondary N) is 1. The Morgan fingerprint density at radius 2 is 2.00 bits per heavy atom. The van der Waals surface area contributed by atoms with Crippen molar-refractivity contribution in [3.8, 4) is 0 Å². The molecule has 1 rings (SSSR count). The summed E-state index contributed by atoms with van der Waals surface area (Å²) in [6.45, 7) is 2.67. The fourth-order valence-electron chi connectivity index (χ4n) is 1.17. The zero-order valence-corrected chi connectivity index (χ0v) is 8.45. The van der Waals surface area contributed by atoms with Crippen molar-refractivity contribution in [1.82, 2.24) is 5.32 Å². The third-order valence-corrected chi connectivity index (χ3v) is 1.93. The fourth-order valence-corrected chi connectivity index (χ4v) is 1.17. The van der Waals surface area contributed by atoms with Gasteiger partial charge in [-0.2, -0.15) is 0 Å². The van der Waals surface area contributed by atoms with Crippen molar-refractivity contribution in [3.63, 3.8) is 0 Å². The van der Waals surface area contributed by atoms with E-state index < -0.39 is 0 Å². The fraction of sp³-hybridized carbons (Fsp3) is 0.333. The van der Waals surface area contributed by atoms with E-state index in [1.54, 1.807) is 0 Å².